The van der Waals surface area contributed by atoms with Gasteiger partial charge in [0, 0.05) is 30.4 Å². The minimum absolute atomic E-state index is 0. The highest BCUT2D eigenvalue weighted by Gasteiger charge is 2.08. The van der Waals surface area contributed by atoms with Crippen molar-refractivity contribution in [2.24, 2.45) is 5.73 Å². The summed E-state index contributed by atoms with van der Waals surface area (Å²) < 4.78 is 15.7. The summed E-state index contributed by atoms with van der Waals surface area (Å²) in [5.41, 5.74) is 7.67. The molecule has 0 atom stereocenters. The van der Waals surface area contributed by atoms with E-state index in [2.05, 4.69) is 12.0 Å². The Morgan fingerprint density at radius 1 is 1.37 bits per heavy atom. The van der Waals surface area contributed by atoms with Crippen molar-refractivity contribution in [2.45, 2.75) is 32.9 Å². The fraction of sp³-hybridized carbons (Fsp3) is 0.357. The van der Waals surface area contributed by atoms with Crippen molar-refractivity contribution in [3.05, 3.63) is 42.0 Å². The van der Waals surface area contributed by atoms with Gasteiger partial charge in [-0.15, -0.1) is 12.4 Å². The molecule has 0 amide bonds. The zero-order valence-electron chi connectivity index (χ0n) is 11.0. The van der Waals surface area contributed by atoms with E-state index in [-0.39, 0.29) is 18.2 Å². The quantitative estimate of drug-likeness (QED) is 0.914. The summed E-state index contributed by atoms with van der Waals surface area (Å²) in [5, 5.41) is 4.24. The van der Waals surface area contributed by atoms with Crippen molar-refractivity contribution < 1.29 is 4.39 Å². The highest BCUT2D eigenvalue weighted by molar-refractivity contribution is 5.85. The molecule has 19 heavy (non-hydrogen) atoms. The zero-order chi connectivity index (χ0) is 13.0. The van der Waals surface area contributed by atoms with Gasteiger partial charge in [-0.25, -0.2) is 4.39 Å². The maximum absolute atomic E-state index is 13.9. The lowest BCUT2D eigenvalue weighted by atomic mass is 10.1. The first-order valence-corrected chi connectivity index (χ1v) is 6.26. The number of benzene rings is 1. The normalized spacial score (nSPS) is 10.3. The molecule has 2 aromatic rings. The summed E-state index contributed by atoms with van der Waals surface area (Å²) in [4.78, 5) is 0. The van der Waals surface area contributed by atoms with Gasteiger partial charge >= 0.3 is 0 Å². The van der Waals surface area contributed by atoms with Crippen LogP contribution in [0.15, 0.2) is 30.6 Å². The van der Waals surface area contributed by atoms with E-state index in [1.807, 2.05) is 16.9 Å². The molecule has 2 rings (SSSR count). The van der Waals surface area contributed by atoms with Gasteiger partial charge in [0.2, 0.25) is 0 Å². The van der Waals surface area contributed by atoms with Gasteiger partial charge in [0.15, 0.2) is 0 Å². The number of hydrogen-bond donors (Lipinski definition) is 1. The van der Waals surface area contributed by atoms with Crippen LogP contribution in [0.5, 0.6) is 0 Å². The molecule has 0 aliphatic heterocycles. The largest absolute Gasteiger partial charge is 0.326 e. The van der Waals surface area contributed by atoms with Gasteiger partial charge in [-0.1, -0.05) is 25.5 Å². The number of halogens is 2. The molecule has 3 nitrogen and oxygen atoms in total. The van der Waals surface area contributed by atoms with Crippen LogP contribution in [0.3, 0.4) is 0 Å². The molecule has 0 bridgehead atoms. The maximum atomic E-state index is 13.9. The number of aromatic nitrogens is 2. The third kappa shape index (κ3) is 3.78. The van der Waals surface area contributed by atoms with Crippen LogP contribution in [0.1, 0.15) is 25.3 Å². The summed E-state index contributed by atoms with van der Waals surface area (Å²) in [6.07, 6.45) is 5.79. The molecule has 5 heteroatoms. The highest BCUT2D eigenvalue weighted by atomic mass is 35.5. The van der Waals surface area contributed by atoms with E-state index < -0.39 is 0 Å². The molecule has 1 heterocycles. The van der Waals surface area contributed by atoms with Gasteiger partial charge < -0.3 is 5.73 Å². The van der Waals surface area contributed by atoms with Crippen LogP contribution >= 0.6 is 12.4 Å². The Morgan fingerprint density at radius 2 is 2.16 bits per heavy atom. The molecular formula is C14H19ClFN3. The second kappa shape index (κ2) is 7.26. The van der Waals surface area contributed by atoms with E-state index in [4.69, 9.17) is 5.73 Å². The first kappa shape index (κ1) is 15.7. The topological polar surface area (TPSA) is 43.8 Å². The van der Waals surface area contributed by atoms with Crippen molar-refractivity contribution in [1.29, 1.82) is 0 Å². The fourth-order valence-electron chi connectivity index (χ4n) is 1.86. The minimum atomic E-state index is -0.243. The third-order valence-corrected chi connectivity index (χ3v) is 2.95. The van der Waals surface area contributed by atoms with Crippen LogP contribution < -0.4 is 5.73 Å². The third-order valence-electron chi connectivity index (χ3n) is 2.95. The standard InChI is InChI=1S/C14H18FN3.ClH/c1-2-3-6-18-10-12(9-17-18)13-5-4-11(8-16)7-14(13)15;/h4-5,7,9-10H,2-3,6,8,16H2,1H3;1H. The van der Waals surface area contributed by atoms with Crippen LogP contribution in [0.25, 0.3) is 11.1 Å². The summed E-state index contributed by atoms with van der Waals surface area (Å²) in [6, 6.07) is 5.10. The molecule has 0 fully saturated rings. The molecule has 0 saturated carbocycles. The lowest BCUT2D eigenvalue weighted by Gasteiger charge is -2.02. The first-order valence-electron chi connectivity index (χ1n) is 6.26. The van der Waals surface area contributed by atoms with Crippen molar-refractivity contribution in [3.8, 4) is 11.1 Å². The van der Waals surface area contributed by atoms with E-state index in [0.29, 0.717) is 12.1 Å². The molecule has 0 saturated heterocycles. The van der Waals surface area contributed by atoms with E-state index >= 15 is 0 Å². The van der Waals surface area contributed by atoms with E-state index in [1.54, 1.807) is 12.3 Å². The van der Waals surface area contributed by atoms with Crippen LogP contribution in [0.4, 0.5) is 4.39 Å². The molecule has 1 aromatic carbocycles. The summed E-state index contributed by atoms with van der Waals surface area (Å²) in [6.45, 7) is 3.36. The van der Waals surface area contributed by atoms with Crippen LogP contribution in [0.2, 0.25) is 0 Å². The molecule has 0 radical (unpaired) electrons. The molecule has 1 aromatic heterocycles. The number of nitrogens with zero attached hydrogens (tertiary/aromatic N) is 2. The lowest BCUT2D eigenvalue weighted by Crippen LogP contribution is -1.97. The summed E-state index contributed by atoms with van der Waals surface area (Å²) in [5.74, 6) is -0.243. The summed E-state index contributed by atoms with van der Waals surface area (Å²) >= 11 is 0. The van der Waals surface area contributed by atoms with Crippen LogP contribution in [0, 0.1) is 5.82 Å². The van der Waals surface area contributed by atoms with Gasteiger partial charge in [-0.3, -0.25) is 4.68 Å². The second-order valence-corrected chi connectivity index (χ2v) is 4.36. The predicted molar refractivity (Wildman–Crippen MR) is 77.7 cm³/mol. The Kier molecular flexibility index (Phi) is 5.99. The second-order valence-electron chi connectivity index (χ2n) is 4.36. The van der Waals surface area contributed by atoms with Gasteiger partial charge in [0.25, 0.3) is 0 Å². The molecule has 0 aliphatic carbocycles. The predicted octanol–water partition coefficient (Wildman–Crippen LogP) is 3.37. The Morgan fingerprint density at radius 3 is 2.79 bits per heavy atom. The number of unbranched alkanes of at least 4 members (excludes halogenated alkanes) is 1. The Hall–Kier alpha value is -1.39. The number of nitrogens with two attached hydrogens (primary N) is 1. The van der Waals surface area contributed by atoms with Crippen molar-refractivity contribution >= 4 is 12.4 Å². The van der Waals surface area contributed by atoms with E-state index in [9.17, 15) is 4.39 Å². The average Bonchev–Trinajstić information content (AvgIpc) is 2.84. The van der Waals surface area contributed by atoms with E-state index in [0.717, 1.165) is 30.5 Å². The average molecular weight is 284 g/mol. The number of hydrogen-bond acceptors (Lipinski definition) is 2. The van der Waals surface area contributed by atoms with Gasteiger partial charge in [0.1, 0.15) is 5.82 Å². The van der Waals surface area contributed by atoms with Crippen LogP contribution in [-0.4, -0.2) is 9.78 Å². The molecule has 0 aliphatic rings. The first-order chi connectivity index (χ1) is 8.74. The Balaban J connectivity index is 0.00000180. The highest BCUT2D eigenvalue weighted by Crippen LogP contribution is 2.23. The SMILES string of the molecule is CCCCn1cc(-c2ccc(CN)cc2F)cn1.Cl. The Bertz CT molecular complexity index is 525. The monoisotopic (exact) mass is 283 g/mol. The number of rotatable bonds is 5. The molecular weight excluding hydrogens is 265 g/mol. The molecule has 104 valence electrons. The van der Waals surface area contributed by atoms with Crippen molar-refractivity contribution in [3.63, 3.8) is 0 Å². The summed E-state index contributed by atoms with van der Waals surface area (Å²) in [7, 11) is 0. The maximum Gasteiger partial charge on any atom is 0.131 e. The Labute approximate surface area is 119 Å². The smallest absolute Gasteiger partial charge is 0.131 e. The lowest BCUT2D eigenvalue weighted by molar-refractivity contribution is 0.572. The van der Waals surface area contributed by atoms with Crippen molar-refractivity contribution in [1.82, 2.24) is 9.78 Å². The van der Waals surface area contributed by atoms with E-state index in [1.165, 1.54) is 6.07 Å². The molecule has 0 spiro atoms. The molecule has 2 N–H and O–H groups in total. The minimum Gasteiger partial charge on any atom is -0.326 e. The van der Waals surface area contributed by atoms with Crippen molar-refractivity contribution in [2.75, 3.05) is 0 Å². The van der Waals surface area contributed by atoms with Crippen LogP contribution in [-0.2, 0) is 13.1 Å². The fourth-order valence-corrected chi connectivity index (χ4v) is 1.86. The number of aryl methyl sites for hydroxylation is 1. The van der Waals surface area contributed by atoms with Gasteiger partial charge in [0.05, 0.1) is 6.20 Å². The molecule has 0 unspecified atom stereocenters. The van der Waals surface area contributed by atoms with Gasteiger partial charge in [-0.05, 0) is 18.1 Å². The zero-order valence-corrected chi connectivity index (χ0v) is 11.8. The van der Waals surface area contributed by atoms with Gasteiger partial charge in [-0.2, -0.15) is 5.10 Å².